The first kappa shape index (κ1) is 27.2. The van der Waals surface area contributed by atoms with Crippen molar-refractivity contribution < 1.29 is 22.1 Å². The highest BCUT2D eigenvalue weighted by Gasteiger charge is 2.39. The summed E-state index contributed by atoms with van der Waals surface area (Å²) in [6.07, 6.45) is 2.31. The zero-order chi connectivity index (χ0) is 25.1. The van der Waals surface area contributed by atoms with Crippen LogP contribution in [0.15, 0.2) is 46.2 Å². The summed E-state index contributed by atoms with van der Waals surface area (Å²) in [5.41, 5.74) is 3.64. The summed E-state index contributed by atoms with van der Waals surface area (Å²) in [7, 11) is -3.98. The first-order valence-corrected chi connectivity index (χ1v) is 14.6. The van der Waals surface area contributed by atoms with Crippen molar-refractivity contribution in [3.05, 3.63) is 58.7 Å². The molecule has 1 aliphatic rings. The van der Waals surface area contributed by atoms with E-state index in [9.17, 15) is 8.42 Å². The number of hydrogen-bond acceptors (Lipinski definition) is 6. The summed E-state index contributed by atoms with van der Waals surface area (Å²) in [4.78, 5) is 1.46. The first-order valence-electron chi connectivity index (χ1n) is 12.0. The molecule has 0 aliphatic carbocycles. The minimum atomic E-state index is -3.98. The van der Waals surface area contributed by atoms with E-state index in [1.807, 2.05) is 70.3 Å². The van der Waals surface area contributed by atoms with Crippen LogP contribution >= 0.6 is 11.8 Å². The monoisotopic (exact) mass is 506 g/mol. The molecular weight excluding hydrogens is 468 g/mol. The van der Waals surface area contributed by atoms with Gasteiger partial charge in [-0.3, -0.25) is 4.18 Å². The van der Waals surface area contributed by atoms with Crippen LogP contribution < -0.4 is 0 Å². The Balaban J connectivity index is 1.89. The van der Waals surface area contributed by atoms with Crippen LogP contribution in [-0.2, 0) is 29.6 Å². The van der Waals surface area contributed by atoms with Crippen molar-refractivity contribution in [3.8, 4) is 0 Å². The summed E-state index contributed by atoms with van der Waals surface area (Å²) >= 11 is 1.66. The SMILES string of the molecule is CSc1ccc(C2(CCOS(=O)(=O)c3c(C(C)C)cc(C(C)C)cc3C(C)C)OCCO2)cc1. The van der Waals surface area contributed by atoms with Gasteiger partial charge >= 0.3 is 0 Å². The van der Waals surface area contributed by atoms with Gasteiger partial charge in [0.25, 0.3) is 10.1 Å². The predicted molar refractivity (Wildman–Crippen MR) is 138 cm³/mol. The lowest BCUT2D eigenvalue weighted by molar-refractivity contribution is -0.174. The Morgan fingerprint density at radius 1 is 0.912 bits per heavy atom. The van der Waals surface area contributed by atoms with E-state index in [4.69, 9.17) is 13.7 Å². The molecule has 2 aromatic rings. The van der Waals surface area contributed by atoms with E-state index in [1.165, 1.54) is 0 Å². The van der Waals surface area contributed by atoms with Gasteiger partial charge in [-0.05, 0) is 52.8 Å². The summed E-state index contributed by atoms with van der Waals surface area (Å²) in [6, 6.07) is 12.0. The van der Waals surface area contributed by atoms with Crippen molar-refractivity contribution in [2.75, 3.05) is 26.1 Å². The minimum Gasteiger partial charge on any atom is -0.343 e. The normalized spacial score (nSPS) is 16.2. The van der Waals surface area contributed by atoms with Crippen molar-refractivity contribution >= 4 is 21.9 Å². The second-order valence-electron chi connectivity index (χ2n) is 9.70. The smallest absolute Gasteiger partial charge is 0.297 e. The largest absolute Gasteiger partial charge is 0.343 e. The molecule has 1 fully saturated rings. The van der Waals surface area contributed by atoms with E-state index in [-0.39, 0.29) is 24.9 Å². The third kappa shape index (κ3) is 5.88. The van der Waals surface area contributed by atoms with Crippen LogP contribution in [0.4, 0.5) is 0 Å². The molecule has 0 unspecified atom stereocenters. The highest BCUT2D eigenvalue weighted by molar-refractivity contribution is 7.98. The third-order valence-corrected chi connectivity index (χ3v) is 8.47. The molecule has 2 aromatic carbocycles. The Labute approximate surface area is 209 Å². The molecule has 0 saturated carbocycles. The molecule has 0 N–H and O–H groups in total. The third-order valence-electron chi connectivity index (χ3n) is 6.28. The van der Waals surface area contributed by atoms with E-state index >= 15 is 0 Å². The van der Waals surface area contributed by atoms with Gasteiger partial charge in [-0.2, -0.15) is 8.42 Å². The van der Waals surface area contributed by atoms with E-state index in [1.54, 1.807) is 11.8 Å². The maximum absolute atomic E-state index is 13.6. The molecule has 1 heterocycles. The highest BCUT2D eigenvalue weighted by Crippen LogP contribution is 2.38. The van der Waals surface area contributed by atoms with Gasteiger partial charge < -0.3 is 9.47 Å². The van der Waals surface area contributed by atoms with Crippen LogP contribution in [0.2, 0.25) is 0 Å². The molecule has 5 nitrogen and oxygen atoms in total. The highest BCUT2D eigenvalue weighted by atomic mass is 32.2. The van der Waals surface area contributed by atoms with Gasteiger partial charge in [-0.1, -0.05) is 65.8 Å². The fourth-order valence-electron chi connectivity index (χ4n) is 4.28. The molecule has 0 amide bonds. The molecule has 34 heavy (non-hydrogen) atoms. The summed E-state index contributed by atoms with van der Waals surface area (Å²) in [5, 5.41) is 0. The lowest BCUT2D eigenvalue weighted by Crippen LogP contribution is -2.29. The van der Waals surface area contributed by atoms with E-state index in [0.717, 1.165) is 27.1 Å². The van der Waals surface area contributed by atoms with E-state index in [2.05, 4.69) is 13.8 Å². The zero-order valence-electron chi connectivity index (χ0n) is 21.4. The minimum absolute atomic E-state index is 0.0341. The van der Waals surface area contributed by atoms with Crippen LogP contribution in [0.3, 0.4) is 0 Å². The van der Waals surface area contributed by atoms with Crippen molar-refractivity contribution in [3.63, 3.8) is 0 Å². The molecule has 0 radical (unpaired) electrons. The topological polar surface area (TPSA) is 61.8 Å². The Morgan fingerprint density at radius 2 is 1.44 bits per heavy atom. The second-order valence-corrected chi connectivity index (χ2v) is 12.1. The molecule has 3 rings (SSSR count). The van der Waals surface area contributed by atoms with Crippen molar-refractivity contribution in [2.24, 2.45) is 0 Å². The van der Waals surface area contributed by atoms with Crippen LogP contribution in [0.25, 0.3) is 0 Å². The van der Waals surface area contributed by atoms with Gasteiger partial charge in [0.15, 0.2) is 5.79 Å². The van der Waals surface area contributed by atoms with Crippen LogP contribution in [0.5, 0.6) is 0 Å². The molecule has 0 spiro atoms. The number of benzene rings is 2. The van der Waals surface area contributed by atoms with Gasteiger partial charge in [-0.15, -0.1) is 11.8 Å². The molecule has 0 bridgehead atoms. The summed E-state index contributed by atoms with van der Waals surface area (Å²) in [6.45, 7) is 13.2. The van der Waals surface area contributed by atoms with Crippen molar-refractivity contribution in [1.29, 1.82) is 0 Å². The van der Waals surface area contributed by atoms with Gasteiger partial charge in [0.05, 0.1) is 19.8 Å². The fraction of sp³-hybridized carbons (Fsp3) is 0.556. The molecule has 1 saturated heterocycles. The molecular formula is C27H38O5S2. The Kier molecular flexibility index (Phi) is 8.90. The second kappa shape index (κ2) is 11.1. The van der Waals surface area contributed by atoms with Gasteiger partial charge in [0.1, 0.15) is 4.90 Å². The van der Waals surface area contributed by atoms with Crippen LogP contribution in [-0.4, -0.2) is 34.5 Å². The summed E-state index contributed by atoms with van der Waals surface area (Å²) in [5.74, 6) is -0.586. The molecule has 1 aliphatic heterocycles. The van der Waals surface area contributed by atoms with Crippen LogP contribution in [0, 0.1) is 0 Å². The van der Waals surface area contributed by atoms with Gasteiger partial charge in [-0.25, -0.2) is 0 Å². The van der Waals surface area contributed by atoms with Crippen molar-refractivity contribution in [1.82, 2.24) is 0 Å². The van der Waals surface area contributed by atoms with Crippen molar-refractivity contribution in [2.45, 2.75) is 81.3 Å². The molecule has 188 valence electrons. The molecule has 0 atom stereocenters. The maximum atomic E-state index is 13.6. The lowest BCUT2D eigenvalue weighted by Gasteiger charge is -2.28. The standard InChI is InChI=1S/C27H38O5S2/c1-18(2)21-16-24(19(3)4)26(25(17-21)20(5)6)34(28,29)32-13-12-27(30-14-15-31-27)22-8-10-23(33-7)11-9-22/h8-11,16-20H,12-15H2,1-7H3. The van der Waals surface area contributed by atoms with E-state index < -0.39 is 15.9 Å². The van der Waals surface area contributed by atoms with E-state index in [0.29, 0.717) is 24.0 Å². The van der Waals surface area contributed by atoms with Gasteiger partial charge in [0, 0.05) is 16.9 Å². The maximum Gasteiger partial charge on any atom is 0.297 e. The number of rotatable bonds is 10. The molecule has 7 heteroatoms. The summed E-state index contributed by atoms with van der Waals surface area (Å²) < 4.78 is 44.7. The lowest BCUT2D eigenvalue weighted by atomic mass is 9.89. The number of thioether (sulfide) groups is 1. The Hall–Kier alpha value is -1.38. The quantitative estimate of drug-likeness (QED) is 0.262. The zero-order valence-corrected chi connectivity index (χ0v) is 23.0. The Bertz CT molecular complexity index is 1040. The van der Waals surface area contributed by atoms with Gasteiger partial charge in [0.2, 0.25) is 0 Å². The fourth-order valence-corrected chi connectivity index (χ4v) is 6.27. The Morgan fingerprint density at radius 3 is 1.88 bits per heavy atom. The average Bonchev–Trinajstić information content (AvgIpc) is 3.27. The number of hydrogen-bond donors (Lipinski definition) is 0. The van der Waals surface area contributed by atoms with Crippen LogP contribution in [0.1, 0.15) is 88.0 Å². The number of ether oxygens (including phenoxy) is 2. The molecule has 0 aromatic heterocycles. The average molecular weight is 507 g/mol. The first-order chi connectivity index (χ1) is 16.0. The predicted octanol–water partition coefficient (Wildman–Crippen LogP) is 6.77.